The highest BCUT2D eigenvalue weighted by atomic mass is 32.2. The van der Waals surface area contributed by atoms with Gasteiger partial charge in [-0.1, -0.05) is 36.0 Å². The molecule has 0 spiro atoms. The van der Waals surface area contributed by atoms with Crippen LogP contribution in [-0.4, -0.2) is 32.2 Å². The number of tetrazole rings is 1. The maximum atomic E-state index is 13.4. The minimum atomic E-state index is -0.573. The maximum Gasteiger partial charge on any atom is 0.238 e. The fourth-order valence-electron chi connectivity index (χ4n) is 2.87. The smallest absolute Gasteiger partial charge is 0.238 e. The van der Waals surface area contributed by atoms with Crippen LogP contribution in [0.5, 0.6) is 0 Å². The van der Waals surface area contributed by atoms with Crippen molar-refractivity contribution in [2.45, 2.75) is 43.1 Å². The van der Waals surface area contributed by atoms with E-state index in [1.54, 1.807) is 16.8 Å². The number of aromatic nitrogens is 4. The van der Waals surface area contributed by atoms with E-state index in [9.17, 15) is 9.18 Å². The molecule has 0 aliphatic heterocycles. The molecule has 1 atom stereocenters. The number of carbonyl (C=O) groups excluding carboxylic acids is 1. The number of aryl methyl sites for hydroxylation is 2. The van der Waals surface area contributed by atoms with Crippen LogP contribution in [0.3, 0.4) is 0 Å². The molecule has 1 amide bonds. The van der Waals surface area contributed by atoms with Crippen LogP contribution in [0.2, 0.25) is 0 Å². The predicted molar refractivity (Wildman–Crippen MR) is 105 cm³/mol. The summed E-state index contributed by atoms with van der Waals surface area (Å²) in [7, 11) is 0. The molecule has 144 valence electrons. The lowest BCUT2D eigenvalue weighted by molar-refractivity contribution is -0.120. The van der Waals surface area contributed by atoms with E-state index in [0.29, 0.717) is 10.7 Å². The van der Waals surface area contributed by atoms with E-state index in [1.165, 1.54) is 23.9 Å². The van der Waals surface area contributed by atoms with E-state index in [0.717, 1.165) is 29.7 Å². The fraction of sp³-hybridized carbons (Fsp3) is 0.300. The zero-order chi connectivity index (χ0) is 19.7. The van der Waals surface area contributed by atoms with Crippen molar-refractivity contribution in [3.05, 3.63) is 65.0 Å². The lowest BCUT2D eigenvalue weighted by atomic mass is 10.1. The number of hydrogen-bond acceptors (Lipinski definition) is 5. The standard InChI is InChI=1S/C20H20FN5OS/c1-12-3-4-13(2)17(11-12)26-20(23-24-25-26)28-18(19(27)22-16-9-10-16)14-5-7-15(21)8-6-14/h3-8,11,16,18H,9-10H2,1-2H3,(H,22,27). The van der Waals surface area contributed by atoms with Crippen LogP contribution in [0.25, 0.3) is 5.69 Å². The molecule has 1 aliphatic carbocycles. The first kappa shape index (κ1) is 18.6. The van der Waals surface area contributed by atoms with Crippen molar-refractivity contribution in [1.29, 1.82) is 0 Å². The average Bonchev–Trinajstić information content (AvgIpc) is 3.37. The summed E-state index contributed by atoms with van der Waals surface area (Å²) >= 11 is 1.26. The summed E-state index contributed by atoms with van der Waals surface area (Å²) in [6.07, 6.45) is 1.99. The third-order valence-corrected chi connectivity index (χ3v) is 5.78. The Kier molecular flexibility index (Phi) is 5.13. The van der Waals surface area contributed by atoms with Gasteiger partial charge in [0.1, 0.15) is 11.1 Å². The minimum absolute atomic E-state index is 0.116. The maximum absolute atomic E-state index is 13.4. The van der Waals surface area contributed by atoms with Crippen molar-refractivity contribution in [1.82, 2.24) is 25.5 Å². The van der Waals surface area contributed by atoms with E-state index >= 15 is 0 Å². The van der Waals surface area contributed by atoms with Crippen molar-refractivity contribution >= 4 is 17.7 Å². The predicted octanol–water partition coefficient (Wildman–Crippen LogP) is 3.53. The van der Waals surface area contributed by atoms with Gasteiger partial charge in [-0.15, -0.1) is 5.10 Å². The molecule has 1 saturated carbocycles. The number of amides is 1. The molecule has 0 saturated heterocycles. The van der Waals surface area contributed by atoms with Gasteiger partial charge >= 0.3 is 0 Å². The number of thioether (sulfide) groups is 1. The van der Waals surface area contributed by atoms with Crippen LogP contribution in [0.15, 0.2) is 47.6 Å². The molecule has 1 fully saturated rings. The number of benzene rings is 2. The second-order valence-corrected chi connectivity index (χ2v) is 8.07. The van der Waals surface area contributed by atoms with E-state index in [4.69, 9.17) is 0 Å². The summed E-state index contributed by atoms with van der Waals surface area (Å²) < 4.78 is 15.0. The van der Waals surface area contributed by atoms with Crippen molar-refractivity contribution in [3.63, 3.8) is 0 Å². The van der Waals surface area contributed by atoms with Crippen LogP contribution in [0.4, 0.5) is 4.39 Å². The van der Waals surface area contributed by atoms with E-state index in [2.05, 4.69) is 20.8 Å². The van der Waals surface area contributed by atoms with Gasteiger partial charge in [0.05, 0.1) is 5.69 Å². The highest BCUT2D eigenvalue weighted by Gasteiger charge is 2.30. The summed E-state index contributed by atoms with van der Waals surface area (Å²) in [5, 5.41) is 15.0. The number of carbonyl (C=O) groups is 1. The first-order chi connectivity index (χ1) is 13.5. The first-order valence-electron chi connectivity index (χ1n) is 9.10. The summed E-state index contributed by atoms with van der Waals surface area (Å²) in [4.78, 5) is 12.9. The molecule has 3 aromatic rings. The SMILES string of the molecule is Cc1ccc(C)c(-n2nnnc2SC(C(=O)NC2CC2)c2ccc(F)cc2)c1. The number of hydrogen-bond donors (Lipinski definition) is 1. The normalized spacial score (nSPS) is 14.7. The van der Waals surface area contributed by atoms with E-state index < -0.39 is 5.25 Å². The molecular formula is C20H20FN5OS. The third kappa shape index (κ3) is 4.06. The Bertz CT molecular complexity index is 1000. The summed E-state index contributed by atoms with van der Waals surface area (Å²) in [6, 6.07) is 12.3. The zero-order valence-corrected chi connectivity index (χ0v) is 16.4. The molecule has 0 bridgehead atoms. The van der Waals surface area contributed by atoms with Crippen molar-refractivity contribution in [3.8, 4) is 5.69 Å². The lowest BCUT2D eigenvalue weighted by Gasteiger charge is -2.17. The van der Waals surface area contributed by atoms with Crippen molar-refractivity contribution in [2.24, 2.45) is 0 Å². The summed E-state index contributed by atoms with van der Waals surface area (Å²) in [5.41, 5.74) is 3.70. The van der Waals surface area contributed by atoms with Gasteiger partial charge in [-0.2, -0.15) is 4.68 Å². The summed E-state index contributed by atoms with van der Waals surface area (Å²) in [5.74, 6) is -0.454. The molecule has 28 heavy (non-hydrogen) atoms. The molecule has 1 heterocycles. The van der Waals surface area contributed by atoms with Gasteiger partial charge < -0.3 is 5.32 Å². The zero-order valence-electron chi connectivity index (χ0n) is 15.6. The Balaban J connectivity index is 1.67. The Labute approximate surface area is 166 Å². The Morgan fingerprint density at radius 1 is 1.21 bits per heavy atom. The molecule has 2 aromatic carbocycles. The van der Waals surface area contributed by atoms with Gasteiger partial charge in [0.2, 0.25) is 11.1 Å². The number of rotatable bonds is 6. The molecule has 1 aliphatic rings. The quantitative estimate of drug-likeness (QED) is 0.644. The first-order valence-corrected chi connectivity index (χ1v) is 9.98. The van der Waals surface area contributed by atoms with Crippen LogP contribution in [-0.2, 0) is 4.79 Å². The number of nitrogens with one attached hydrogen (secondary N) is 1. The Hall–Kier alpha value is -2.74. The van der Waals surface area contributed by atoms with Crippen molar-refractivity contribution < 1.29 is 9.18 Å². The van der Waals surface area contributed by atoms with Gasteiger partial charge in [0.15, 0.2) is 0 Å². The number of halogens is 1. The summed E-state index contributed by atoms with van der Waals surface area (Å²) in [6.45, 7) is 3.99. The van der Waals surface area contributed by atoms with Crippen LogP contribution in [0.1, 0.15) is 34.8 Å². The monoisotopic (exact) mass is 397 g/mol. The Morgan fingerprint density at radius 2 is 1.96 bits per heavy atom. The average molecular weight is 397 g/mol. The molecule has 1 aromatic heterocycles. The second-order valence-electron chi connectivity index (χ2n) is 7.00. The van der Waals surface area contributed by atoms with Gasteiger partial charge in [0.25, 0.3) is 0 Å². The van der Waals surface area contributed by atoms with Crippen molar-refractivity contribution in [2.75, 3.05) is 0 Å². The highest BCUT2D eigenvalue weighted by Crippen LogP contribution is 2.36. The third-order valence-electron chi connectivity index (χ3n) is 4.59. The molecule has 1 unspecified atom stereocenters. The largest absolute Gasteiger partial charge is 0.352 e. The molecular weight excluding hydrogens is 377 g/mol. The van der Waals surface area contributed by atoms with Gasteiger partial charge in [-0.05, 0) is 72.0 Å². The van der Waals surface area contributed by atoms with E-state index in [1.807, 2.05) is 32.0 Å². The van der Waals surface area contributed by atoms with Crippen LogP contribution in [0, 0.1) is 19.7 Å². The van der Waals surface area contributed by atoms with E-state index in [-0.39, 0.29) is 17.8 Å². The van der Waals surface area contributed by atoms with Gasteiger partial charge in [-0.25, -0.2) is 4.39 Å². The fourth-order valence-corrected chi connectivity index (χ4v) is 3.87. The number of nitrogens with zero attached hydrogens (tertiary/aromatic N) is 4. The highest BCUT2D eigenvalue weighted by molar-refractivity contribution is 8.00. The molecule has 4 rings (SSSR count). The molecule has 0 radical (unpaired) electrons. The van der Waals surface area contributed by atoms with Crippen LogP contribution >= 0.6 is 11.8 Å². The lowest BCUT2D eigenvalue weighted by Crippen LogP contribution is -2.30. The second kappa shape index (κ2) is 7.71. The Morgan fingerprint density at radius 3 is 2.68 bits per heavy atom. The molecule has 1 N–H and O–H groups in total. The van der Waals surface area contributed by atoms with Crippen LogP contribution < -0.4 is 5.32 Å². The molecule has 6 nitrogen and oxygen atoms in total. The van der Waals surface area contributed by atoms with Gasteiger partial charge in [0, 0.05) is 6.04 Å². The van der Waals surface area contributed by atoms with Gasteiger partial charge in [-0.3, -0.25) is 4.79 Å². The minimum Gasteiger partial charge on any atom is -0.352 e. The molecule has 8 heteroatoms. The topological polar surface area (TPSA) is 72.7 Å².